The molecule has 0 unspecified atom stereocenters. The second-order valence-corrected chi connectivity index (χ2v) is 3.64. The van der Waals surface area contributed by atoms with E-state index in [2.05, 4.69) is 20.5 Å². The Labute approximate surface area is 93.5 Å². The molecule has 84 valence electrons. The molecule has 0 aliphatic rings. The van der Waals surface area contributed by atoms with Crippen molar-refractivity contribution in [2.24, 2.45) is 7.05 Å². The fourth-order valence-corrected chi connectivity index (χ4v) is 1.27. The Morgan fingerprint density at radius 2 is 2.31 bits per heavy atom. The van der Waals surface area contributed by atoms with Gasteiger partial charge in [-0.05, 0) is 12.5 Å². The summed E-state index contributed by atoms with van der Waals surface area (Å²) in [5.41, 5.74) is 7.49. The molecule has 0 aromatic carbocycles. The van der Waals surface area contributed by atoms with E-state index in [0.717, 1.165) is 22.9 Å². The second-order valence-electron chi connectivity index (χ2n) is 3.64. The van der Waals surface area contributed by atoms with Gasteiger partial charge in [0.15, 0.2) is 5.82 Å². The van der Waals surface area contributed by atoms with Crippen LogP contribution in [0.4, 0.5) is 11.5 Å². The van der Waals surface area contributed by atoms with Crippen LogP contribution >= 0.6 is 0 Å². The lowest BCUT2D eigenvalue weighted by molar-refractivity contribution is 0.810. The molecule has 0 saturated heterocycles. The van der Waals surface area contributed by atoms with Crippen molar-refractivity contribution >= 4 is 11.5 Å². The van der Waals surface area contributed by atoms with Gasteiger partial charge in [0.25, 0.3) is 0 Å². The monoisotopic (exact) mass is 218 g/mol. The van der Waals surface area contributed by atoms with E-state index < -0.39 is 0 Å². The molecule has 0 radical (unpaired) electrons. The summed E-state index contributed by atoms with van der Waals surface area (Å²) >= 11 is 0. The number of hydrogen-bond acceptors (Lipinski definition) is 5. The van der Waals surface area contributed by atoms with Crippen LogP contribution in [0, 0.1) is 6.92 Å². The summed E-state index contributed by atoms with van der Waals surface area (Å²) in [5, 5.41) is 10.9. The van der Waals surface area contributed by atoms with E-state index >= 15 is 0 Å². The van der Waals surface area contributed by atoms with E-state index in [1.54, 1.807) is 12.5 Å². The van der Waals surface area contributed by atoms with Crippen LogP contribution in [0.3, 0.4) is 0 Å². The summed E-state index contributed by atoms with van der Waals surface area (Å²) in [6.45, 7) is 2.50. The minimum absolute atomic E-state index is 0.575. The molecule has 0 atom stereocenters. The average Bonchev–Trinajstić information content (AvgIpc) is 2.66. The number of nitrogens with two attached hydrogens (primary N) is 1. The van der Waals surface area contributed by atoms with Crippen LogP contribution in [-0.2, 0) is 13.6 Å². The van der Waals surface area contributed by atoms with Crippen LogP contribution in [0.15, 0.2) is 18.6 Å². The number of nitrogens with zero attached hydrogens (tertiary/aromatic N) is 4. The third kappa shape index (κ3) is 2.10. The maximum Gasteiger partial charge on any atom is 0.151 e. The topological polar surface area (TPSA) is 81.7 Å². The largest absolute Gasteiger partial charge is 0.398 e. The average molecular weight is 218 g/mol. The Hall–Kier alpha value is -2.11. The third-order valence-corrected chi connectivity index (χ3v) is 2.38. The van der Waals surface area contributed by atoms with E-state index in [4.69, 9.17) is 5.73 Å². The standard InChI is InChI=1S/C10H14N6/c1-7-4-12-9(3-8(7)11)13-5-10-15-14-6-16(10)2/h3-4,6H,5H2,1-2H3,(H3,11,12,13). The molecule has 0 aliphatic carbocycles. The van der Waals surface area contributed by atoms with Crippen LogP contribution in [0.25, 0.3) is 0 Å². The zero-order valence-corrected chi connectivity index (χ0v) is 9.31. The molecule has 0 fully saturated rings. The Balaban J connectivity index is 2.05. The summed E-state index contributed by atoms with van der Waals surface area (Å²) in [4.78, 5) is 4.22. The Bertz CT molecular complexity index is 490. The highest BCUT2D eigenvalue weighted by Gasteiger charge is 2.02. The molecule has 2 heterocycles. The first-order valence-corrected chi connectivity index (χ1v) is 4.95. The number of aryl methyl sites for hydroxylation is 2. The highest BCUT2D eigenvalue weighted by Crippen LogP contribution is 2.13. The number of rotatable bonds is 3. The van der Waals surface area contributed by atoms with Crippen molar-refractivity contribution < 1.29 is 0 Å². The van der Waals surface area contributed by atoms with Crippen LogP contribution in [0.5, 0.6) is 0 Å². The Morgan fingerprint density at radius 1 is 1.50 bits per heavy atom. The molecule has 6 nitrogen and oxygen atoms in total. The van der Waals surface area contributed by atoms with Gasteiger partial charge in [-0.25, -0.2) is 4.98 Å². The van der Waals surface area contributed by atoms with E-state index in [9.17, 15) is 0 Å². The van der Waals surface area contributed by atoms with Gasteiger partial charge in [0.05, 0.1) is 6.54 Å². The van der Waals surface area contributed by atoms with E-state index in [1.165, 1.54) is 0 Å². The third-order valence-electron chi connectivity index (χ3n) is 2.38. The maximum absolute atomic E-state index is 5.79. The van der Waals surface area contributed by atoms with Crippen LogP contribution in [0.1, 0.15) is 11.4 Å². The summed E-state index contributed by atoms with van der Waals surface area (Å²) in [5.74, 6) is 1.59. The quantitative estimate of drug-likeness (QED) is 0.793. The predicted molar refractivity (Wildman–Crippen MR) is 61.7 cm³/mol. The summed E-state index contributed by atoms with van der Waals surface area (Å²) in [7, 11) is 1.90. The zero-order chi connectivity index (χ0) is 11.5. The van der Waals surface area contributed by atoms with Crippen LogP contribution in [-0.4, -0.2) is 19.7 Å². The molecule has 0 saturated carbocycles. The van der Waals surface area contributed by atoms with E-state index in [1.807, 2.05) is 24.6 Å². The van der Waals surface area contributed by atoms with Gasteiger partial charge in [0, 0.05) is 25.0 Å². The zero-order valence-electron chi connectivity index (χ0n) is 9.31. The van der Waals surface area contributed by atoms with Crippen molar-refractivity contribution in [2.75, 3.05) is 11.1 Å². The number of nitrogen functional groups attached to an aromatic ring is 1. The molecular formula is C10H14N6. The molecular weight excluding hydrogens is 204 g/mol. The van der Waals surface area contributed by atoms with Crippen LogP contribution < -0.4 is 11.1 Å². The van der Waals surface area contributed by atoms with E-state index in [-0.39, 0.29) is 0 Å². The van der Waals surface area contributed by atoms with Crippen molar-refractivity contribution in [2.45, 2.75) is 13.5 Å². The Kier molecular flexibility index (Phi) is 2.72. The molecule has 2 aromatic heterocycles. The van der Waals surface area contributed by atoms with Crippen molar-refractivity contribution in [1.29, 1.82) is 0 Å². The van der Waals surface area contributed by atoms with Crippen molar-refractivity contribution in [3.8, 4) is 0 Å². The van der Waals surface area contributed by atoms with Gasteiger partial charge in [0.1, 0.15) is 12.1 Å². The van der Waals surface area contributed by atoms with Gasteiger partial charge >= 0.3 is 0 Å². The first kappa shape index (κ1) is 10.4. The minimum Gasteiger partial charge on any atom is -0.398 e. The highest BCUT2D eigenvalue weighted by molar-refractivity contribution is 5.53. The normalized spacial score (nSPS) is 10.4. The summed E-state index contributed by atoms with van der Waals surface area (Å²) < 4.78 is 1.85. The molecule has 16 heavy (non-hydrogen) atoms. The van der Waals surface area contributed by atoms with Gasteiger partial charge in [-0.1, -0.05) is 0 Å². The predicted octanol–water partition coefficient (Wildman–Crippen LogP) is 0.713. The number of pyridine rings is 1. The molecule has 0 amide bonds. The first-order valence-electron chi connectivity index (χ1n) is 4.95. The van der Waals surface area contributed by atoms with Crippen molar-refractivity contribution in [3.05, 3.63) is 30.0 Å². The van der Waals surface area contributed by atoms with Gasteiger partial charge < -0.3 is 15.6 Å². The SMILES string of the molecule is Cc1cnc(NCc2nncn2C)cc1N. The smallest absolute Gasteiger partial charge is 0.151 e. The number of nitrogens with one attached hydrogen (secondary N) is 1. The van der Waals surface area contributed by atoms with Crippen LogP contribution in [0.2, 0.25) is 0 Å². The fourth-order valence-electron chi connectivity index (χ4n) is 1.27. The molecule has 3 N–H and O–H groups in total. The molecule has 6 heteroatoms. The highest BCUT2D eigenvalue weighted by atomic mass is 15.3. The van der Waals surface area contributed by atoms with Gasteiger partial charge in [0.2, 0.25) is 0 Å². The number of aromatic nitrogens is 4. The van der Waals surface area contributed by atoms with Crippen molar-refractivity contribution in [1.82, 2.24) is 19.7 Å². The number of hydrogen-bond donors (Lipinski definition) is 2. The maximum atomic E-state index is 5.79. The number of anilines is 2. The lowest BCUT2D eigenvalue weighted by atomic mass is 10.2. The molecule has 0 spiro atoms. The lowest BCUT2D eigenvalue weighted by Gasteiger charge is -2.06. The first-order chi connectivity index (χ1) is 7.66. The van der Waals surface area contributed by atoms with Gasteiger partial charge in [-0.2, -0.15) is 0 Å². The second kappa shape index (κ2) is 4.18. The van der Waals surface area contributed by atoms with Gasteiger partial charge in [-0.3, -0.25) is 0 Å². The summed E-state index contributed by atoms with van der Waals surface area (Å²) in [6.07, 6.45) is 3.41. The fraction of sp³-hybridized carbons (Fsp3) is 0.300. The molecule has 0 aliphatic heterocycles. The minimum atomic E-state index is 0.575. The lowest BCUT2D eigenvalue weighted by Crippen LogP contribution is -2.07. The Morgan fingerprint density at radius 3 is 2.94 bits per heavy atom. The van der Waals surface area contributed by atoms with Gasteiger partial charge in [-0.15, -0.1) is 10.2 Å². The van der Waals surface area contributed by atoms with E-state index in [0.29, 0.717) is 6.54 Å². The summed E-state index contributed by atoms with van der Waals surface area (Å²) in [6, 6.07) is 1.81. The molecule has 0 bridgehead atoms. The molecule has 2 aromatic rings. The van der Waals surface area contributed by atoms with Crippen molar-refractivity contribution in [3.63, 3.8) is 0 Å². The molecule has 2 rings (SSSR count).